The summed E-state index contributed by atoms with van der Waals surface area (Å²) in [7, 11) is 0. The molecule has 1 atom stereocenters. The predicted molar refractivity (Wildman–Crippen MR) is 106 cm³/mol. The first-order valence-corrected chi connectivity index (χ1v) is 9.78. The molecule has 0 saturated carbocycles. The lowest BCUT2D eigenvalue weighted by Crippen LogP contribution is -2.65. The first-order chi connectivity index (χ1) is 13.8. The predicted octanol–water partition coefficient (Wildman–Crippen LogP) is 2.88. The molecule has 2 amide bonds. The molecule has 0 unspecified atom stereocenters. The van der Waals surface area contributed by atoms with Crippen molar-refractivity contribution in [3.63, 3.8) is 0 Å². The van der Waals surface area contributed by atoms with Gasteiger partial charge in [0.15, 0.2) is 0 Å². The standard InChI is InChI=1S/C21H21ClFN3O3/c1-12-3-4-14(6-17(12)23)8-25-18(27)9-26(20-13(2)5-16(22)7-24-20)21(28)19(25)15-10-29-11-15/h3-7,15,19H,8-11H2,1-2H3/t19-/m1/s1. The number of halogens is 2. The summed E-state index contributed by atoms with van der Waals surface area (Å²) in [5.41, 5.74) is 1.90. The summed E-state index contributed by atoms with van der Waals surface area (Å²) in [6.07, 6.45) is 1.46. The third-order valence-electron chi connectivity index (χ3n) is 5.44. The Hall–Kier alpha value is -2.51. The summed E-state index contributed by atoms with van der Waals surface area (Å²) in [5.74, 6) is -0.414. The van der Waals surface area contributed by atoms with E-state index in [-0.39, 0.29) is 36.6 Å². The van der Waals surface area contributed by atoms with Gasteiger partial charge in [0.25, 0.3) is 5.91 Å². The Kier molecular flexibility index (Phi) is 5.27. The number of aromatic nitrogens is 1. The molecular weight excluding hydrogens is 397 g/mol. The van der Waals surface area contributed by atoms with Gasteiger partial charge in [0.05, 0.1) is 18.2 Å². The lowest BCUT2D eigenvalue weighted by Gasteiger charge is -2.45. The number of nitrogens with zero attached hydrogens (tertiary/aromatic N) is 3. The Morgan fingerprint density at radius 2 is 1.97 bits per heavy atom. The molecule has 1 aromatic carbocycles. The zero-order valence-electron chi connectivity index (χ0n) is 16.2. The number of carbonyl (C=O) groups is 2. The van der Waals surface area contributed by atoms with Crippen LogP contribution in [0.2, 0.25) is 5.02 Å². The van der Waals surface area contributed by atoms with Crippen LogP contribution in [0.1, 0.15) is 16.7 Å². The second-order valence-corrected chi connectivity index (χ2v) is 8.00. The van der Waals surface area contributed by atoms with Gasteiger partial charge in [-0.2, -0.15) is 0 Å². The molecule has 29 heavy (non-hydrogen) atoms. The molecule has 0 spiro atoms. The first kappa shape index (κ1) is 19.8. The van der Waals surface area contributed by atoms with Gasteiger partial charge in [-0.1, -0.05) is 23.7 Å². The summed E-state index contributed by atoms with van der Waals surface area (Å²) in [6, 6.07) is 5.91. The molecule has 0 aliphatic carbocycles. The quantitative estimate of drug-likeness (QED) is 0.767. The zero-order chi connectivity index (χ0) is 20.7. The molecule has 4 rings (SSSR count). The molecule has 152 valence electrons. The number of hydrogen-bond donors (Lipinski definition) is 0. The van der Waals surface area contributed by atoms with Crippen molar-refractivity contribution in [1.29, 1.82) is 0 Å². The highest BCUT2D eigenvalue weighted by Crippen LogP contribution is 2.31. The maximum absolute atomic E-state index is 14.0. The second-order valence-electron chi connectivity index (χ2n) is 7.57. The van der Waals surface area contributed by atoms with Crippen molar-refractivity contribution in [1.82, 2.24) is 9.88 Å². The summed E-state index contributed by atoms with van der Waals surface area (Å²) >= 11 is 5.98. The van der Waals surface area contributed by atoms with Crippen LogP contribution in [0.25, 0.3) is 0 Å². The molecule has 2 fully saturated rings. The maximum atomic E-state index is 14.0. The number of piperazine rings is 1. The largest absolute Gasteiger partial charge is 0.380 e. The zero-order valence-corrected chi connectivity index (χ0v) is 16.9. The number of benzene rings is 1. The number of carbonyl (C=O) groups excluding carboxylic acids is 2. The van der Waals surface area contributed by atoms with Crippen molar-refractivity contribution < 1.29 is 18.7 Å². The van der Waals surface area contributed by atoms with E-state index in [2.05, 4.69) is 4.98 Å². The molecule has 0 N–H and O–H groups in total. The van der Waals surface area contributed by atoms with Crippen molar-refractivity contribution in [3.8, 4) is 0 Å². The van der Waals surface area contributed by atoms with Crippen molar-refractivity contribution in [2.24, 2.45) is 5.92 Å². The number of anilines is 1. The maximum Gasteiger partial charge on any atom is 0.251 e. The Morgan fingerprint density at radius 1 is 1.21 bits per heavy atom. The highest BCUT2D eigenvalue weighted by molar-refractivity contribution is 6.30. The average Bonchev–Trinajstić information content (AvgIpc) is 2.62. The number of aryl methyl sites for hydroxylation is 2. The first-order valence-electron chi connectivity index (χ1n) is 9.41. The van der Waals surface area contributed by atoms with Gasteiger partial charge in [0.1, 0.15) is 24.2 Å². The number of ether oxygens (including phenoxy) is 1. The fourth-order valence-corrected chi connectivity index (χ4v) is 3.97. The van der Waals surface area contributed by atoms with E-state index in [1.807, 2.05) is 0 Å². The molecular formula is C21H21ClFN3O3. The smallest absolute Gasteiger partial charge is 0.251 e. The molecule has 2 saturated heterocycles. The molecule has 1 aromatic heterocycles. The number of rotatable bonds is 4. The molecule has 2 aromatic rings. The Balaban J connectivity index is 1.66. The van der Waals surface area contributed by atoms with E-state index >= 15 is 0 Å². The fraction of sp³-hybridized carbons (Fsp3) is 0.381. The molecule has 2 aliphatic heterocycles. The van der Waals surface area contributed by atoms with Gasteiger partial charge in [0, 0.05) is 18.7 Å². The highest BCUT2D eigenvalue weighted by atomic mass is 35.5. The van der Waals surface area contributed by atoms with E-state index in [1.165, 1.54) is 17.2 Å². The number of hydrogen-bond acceptors (Lipinski definition) is 4. The van der Waals surface area contributed by atoms with Crippen molar-refractivity contribution in [3.05, 3.63) is 58.0 Å². The van der Waals surface area contributed by atoms with Gasteiger partial charge < -0.3 is 9.64 Å². The van der Waals surface area contributed by atoms with Crippen LogP contribution < -0.4 is 4.90 Å². The normalized spacial score (nSPS) is 20.2. The number of pyridine rings is 1. The van der Waals surface area contributed by atoms with Crippen molar-refractivity contribution in [2.75, 3.05) is 24.7 Å². The Labute approximate surface area is 173 Å². The topological polar surface area (TPSA) is 62.7 Å². The van der Waals surface area contributed by atoms with Crippen LogP contribution in [0.15, 0.2) is 30.5 Å². The van der Waals surface area contributed by atoms with Crippen LogP contribution in [-0.2, 0) is 20.9 Å². The van der Waals surface area contributed by atoms with Gasteiger partial charge in [-0.3, -0.25) is 14.5 Å². The Morgan fingerprint density at radius 3 is 2.59 bits per heavy atom. The van der Waals surface area contributed by atoms with Gasteiger partial charge in [-0.25, -0.2) is 9.37 Å². The van der Waals surface area contributed by atoms with E-state index in [9.17, 15) is 14.0 Å². The summed E-state index contributed by atoms with van der Waals surface area (Å²) in [4.78, 5) is 33.7. The monoisotopic (exact) mass is 417 g/mol. The van der Waals surface area contributed by atoms with E-state index in [1.54, 1.807) is 36.9 Å². The summed E-state index contributed by atoms with van der Waals surface area (Å²) in [5, 5.41) is 0.467. The molecule has 0 bridgehead atoms. The number of amides is 2. The second kappa shape index (κ2) is 7.72. The van der Waals surface area contributed by atoms with Crippen LogP contribution in [0.3, 0.4) is 0 Å². The van der Waals surface area contributed by atoms with Crippen LogP contribution in [0.5, 0.6) is 0 Å². The average molecular weight is 418 g/mol. The molecule has 6 nitrogen and oxygen atoms in total. The van der Waals surface area contributed by atoms with E-state index in [0.717, 1.165) is 5.56 Å². The van der Waals surface area contributed by atoms with Crippen LogP contribution in [-0.4, -0.2) is 47.5 Å². The van der Waals surface area contributed by atoms with Gasteiger partial charge in [-0.15, -0.1) is 0 Å². The van der Waals surface area contributed by atoms with E-state index in [4.69, 9.17) is 16.3 Å². The minimum Gasteiger partial charge on any atom is -0.380 e. The van der Waals surface area contributed by atoms with E-state index in [0.29, 0.717) is 35.2 Å². The Bertz CT molecular complexity index is 980. The highest BCUT2D eigenvalue weighted by Gasteiger charge is 2.47. The van der Waals surface area contributed by atoms with Crippen molar-refractivity contribution >= 4 is 29.2 Å². The lowest BCUT2D eigenvalue weighted by atomic mass is 9.92. The van der Waals surface area contributed by atoms with Gasteiger partial charge >= 0.3 is 0 Å². The molecule has 2 aliphatic rings. The molecule has 8 heteroatoms. The van der Waals surface area contributed by atoms with Crippen LogP contribution >= 0.6 is 11.6 Å². The minimum absolute atomic E-state index is 0.0999. The van der Waals surface area contributed by atoms with E-state index < -0.39 is 6.04 Å². The third kappa shape index (κ3) is 3.72. The lowest BCUT2D eigenvalue weighted by molar-refractivity contribution is -0.155. The third-order valence-corrected chi connectivity index (χ3v) is 5.65. The fourth-order valence-electron chi connectivity index (χ4n) is 3.76. The van der Waals surface area contributed by atoms with Gasteiger partial charge in [0.2, 0.25) is 5.91 Å². The van der Waals surface area contributed by atoms with Gasteiger partial charge in [-0.05, 0) is 42.7 Å². The van der Waals surface area contributed by atoms with Crippen LogP contribution in [0, 0.1) is 25.6 Å². The summed E-state index contributed by atoms with van der Waals surface area (Å²) < 4.78 is 19.3. The SMILES string of the molecule is Cc1ccc(CN2C(=O)CN(c3ncc(Cl)cc3C)C(=O)[C@H]2C2COC2)cc1F. The van der Waals surface area contributed by atoms with Crippen LogP contribution in [0.4, 0.5) is 10.2 Å². The molecule has 0 radical (unpaired) electrons. The molecule has 3 heterocycles. The minimum atomic E-state index is -0.675. The summed E-state index contributed by atoms with van der Waals surface area (Å²) in [6.45, 7) is 4.35. The van der Waals surface area contributed by atoms with Crippen molar-refractivity contribution in [2.45, 2.75) is 26.4 Å².